The quantitative estimate of drug-likeness (QED) is 0.330. The summed E-state index contributed by atoms with van der Waals surface area (Å²) in [7, 11) is 1.56. The zero-order valence-corrected chi connectivity index (χ0v) is 19.7. The molecule has 1 aliphatic heterocycles. The average molecular weight is 469 g/mol. The van der Waals surface area contributed by atoms with Crippen molar-refractivity contribution in [1.82, 2.24) is 10.2 Å². The van der Waals surface area contributed by atoms with Gasteiger partial charge >= 0.3 is 6.02 Å². The monoisotopic (exact) mass is 468 g/mol. The number of carbonyl (C=O) groups excluding carboxylic acids is 1. The van der Waals surface area contributed by atoms with Crippen molar-refractivity contribution in [3.63, 3.8) is 0 Å². The van der Waals surface area contributed by atoms with Crippen LogP contribution in [-0.4, -0.2) is 43.6 Å². The number of methoxy groups -OCH3 is 1. The van der Waals surface area contributed by atoms with Gasteiger partial charge in [0.05, 0.1) is 12.7 Å². The molecule has 1 saturated heterocycles. The van der Waals surface area contributed by atoms with Gasteiger partial charge < -0.3 is 19.7 Å². The van der Waals surface area contributed by atoms with Crippen molar-refractivity contribution in [2.24, 2.45) is 4.99 Å². The maximum Gasteiger partial charge on any atom is 0.308 e. The number of likely N-dealkylation sites (tertiary alicyclic amines) is 1. The number of piperidine rings is 1. The number of hydrogen-bond donors (Lipinski definition) is 1. The molecule has 1 heterocycles. The molecule has 0 saturated carbocycles. The minimum absolute atomic E-state index is 0.167. The van der Waals surface area contributed by atoms with Crippen LogP contribution in [0, 0.1) is 11.5 Å². The smallest absolute Gasteiger partial charge is 0.308 e. The second-order valence-electron chi connectivity index (χ2n) is 8.43. The predicted octanol–water partition coefficient (Wildman–Crippen LogP) is 4.37. The molecule has 0 unspecified atom stereocenters. The zero-order chi connectivity index (χ0) is 24.5. The van der Waals surface area contributed by atoms with Crippen molar-refractivity contribution >= 4 is 11.9 Å². The van der Waals surface area contributed by atoms with E-state index in [1.165, 1.54) is 5.56 Å². The highest BCUT2D eigenvalue weighted by molar-refractivity contribution is 5.97. The Kier molecular flexibility index (Phi) is 7.63. The van der Waals surface area contributed by atoms with Gasteiger partial charge in [0, 0.05) is 25.0 Å². The van der Waals surface area contributed by atoms with Crippen LogP contribution in [0.2, 0.25) is 0 Å². The Balaban J connectivity index is 1.51. The summed E-state index contributed by atoms with van der Waals surface area (Å²) in [4.78, 5) is 18.9. The normalized spacial score (nSPS) is 15.1. The minimum atomic E-state index is -0.264. The molecular weight excluding hydrogens is 440 g/mol. The van der Waals surface area contributed by atoms with Crippen molar-refractivity contribution in [3.05, 3.63) is 96.1 Å². The summed E-state index contributed by atoms with van der Waals surface area (Å²) >= 11 is 0. The van der Waals surface area contributed by atoms with E-state index in [1.807, 2.05) is 71.8 Å². The van der Waals surface area contributed by atoms with Gasteiger partial charge in [0.1, 0.15) is 11.5 Å². The molecule has 0 aromatic heterocycles. The Morgan fingerprint density at radius 3 is 2.29 bits per heavy atom. The van der Waals surface area contributed by atoms with Gasteiger partial charge in [-0.2, -0.15) is 5.26 Å². The highest BCUT2D eigenvalue weighted by Crippen LogP contribution is 2.35. The van der Waals surface area contributed by atoms with E-state index in [0.29, 0.717) is 42.7 Å². The molecule has 0 spiro atoms. The summed E-state index contributed by atoms with van der Waals surface area (Å²) in [5.41, 5.74) is 1.41. The third kappa shape index (κ3) is 5.61. The molecular formula is C28H28N4O3. The number of para-hydroxylation sites is 2. The third-order valence-corrected chi connectivity index (χ3v) is 6.41. The molecule has 7 heteroatoms. The van der Waals surface area contributed by atoms with E-state index in [-0.39, 0.29) is 11.3 Å². The fourth-order valence-electron chi connectivity index (χ4n) is 4.46. The van der Waals surface area contributed by atoms with Crippen LogP contribution in [0.4, 0.5) is 0 Å². The number of hydrogen-bond acceptors (Lipinski definition) is 5. The molecule has 35 heavy (non-hydrogen) atoms. The molecule has 0 radical (unpaired) electrons. The number of benzene rings is 3. The molecule has 3 aromatic carbocycles. The third-order valence-electron chi connectivity index (χ3n) is 6.41. The number of nitrogens with zero attached hydrogens (tertiary/aromatic N) is 3. The second kappa shape index (κ2) is 11.2. The lowest BCUT2D eigenvalue weighted by atomic mass is 9.72. The number of nitriles is 1. The maximum atomic E-state index is 13.0. The van der Waals surface area contributed by atoms with Gasteiger partial charge in [-0.05, 0) is 42.7 Å². The van der Waals surface area contributed by atoms with Crippen molar-refractivity contribution in [2.75, 3.05) is 26.7 Å². The molecule has 1 aliphatic rings. The second-order valence-corrected chi connectivity index (χ2v) is 8.43. The van der Waals surface area contributed by atoms with Crippen LogP contribution in [0.1, 0.15) is 28.8 Å². The molecule has 178 valence electrons. The number of carbonyl (C=O) groups is 1. The Morgan fingerprint density at radius 1 is 1.00 bits per heavy atom. The SMILES string of the molecule is COc1ccccc1C(=O)NCC1(c2ccccc2)CCN(C(=NC#N)Oc2ccccc2)CC1. The first-order valence-corrected chi connectivity index (χ1v) is 11.6. The Bertz CT molecular complexity index is 1200. The van der Waals surface area contributed by atoms with Crippen LogP contribution in [0.15, 0.2) is 89.9 Å². The minimum Gasteiger partial charge on any atom is -0.496 e. The maximum absolute atomic E-state index is 13.0. The van der Waals surface area contributed by atoms with Crippen molar-refractivity contribution in [1.29, 1.82) is 5.26 Å². The van der Waals surface area contributed by atoms with E-state index >= 15 is 0 Å². The molecule has 1 N–H and O–H groups in total. The predicted molar refractivity (Wildman–Crippen MR) is 134 cm³/mol. The van der Waals surface area contributed by atoms with Crippen LogP contribution < -0.4 is 14.8 Å². The first-order valence-electron chi connectivity index (χ1n) is 11.6. The van der Waals surface area contributed by atoms with Crippen LogP contribution in [0.3, 0.4) is 0 Å². The molecule has 0 bridgehead atoms. The Morgan fingerprint density at radius 2 is 1.63 bits per heavy atom. The molecule has 0 atom stereocenters. The summed E-state index contributed by atoms with van der Waals surface area (Å²) in [6, 6.07) is 27.1. The van der Waals surface area contributed by atoms with E-state index in [1.54, 1.807) is 19.2 Å². The van der Waals surface area contributed by atoms with Gasteiger partial charge in [-0.3, -0.25) is 4.79 Å². The molecule has 1 amide bonds. The van der Waals surface area contributed by atoms with Crippen LogP contribution in [0.25, 0.3) is 0 Å². The number of amidine groups is 1. The van der Waals surface area contributed by atoms with Gasteiger partial charge in [0.15, 0.2) is 0 Å². The van der Waals surface area contributed by atoms with Gasteiger partial charge in [-0.15, -0.1) is 4.99 Å². The standard InChI is InChI=1S/C28H28N4O3/c1-34-25-15-9-8-14-24(25)26(33)30-20-28(22-10-4-2-5-11-22)16-18-32(19-17-28)27(31-21-29)35-23-12-6-3-7-13-23/h2-15H,16-20H2,1H3,(H,30,33). The number of aliphatic imine (C=N–C) groups is 1. The molecule has 1 fully saturated rings. The van der Waals surface area contributed by atoms with E-state index in [4.69, 9.17) is 9.47 Å². The van der Waals surface area contributed by atoms with Crippen molar-refractivity contribution in [2.45, 2.75) is 18.3 Å². The molecule has 4 rings (SSSR count). The number of amides is 1. The Labute approximate surface area is 205 Å². The van der Waals surface area contributed by atoms with E-state index < -0.39 is 0 Å². The molecule has 0 aliphatic carbocycles. The van der Waals surface area contributed by atoms with Crippen LogP contribution in [0.5, 0.6) is 11.5 Å². The fourth-order valence-corrected chi connectivity index (χ4v) is 4.46. The number of ether oxygens (including phenoxy) is 2. The van der Waals surface area contributed by atoms with Crippen LogP contribution >= 0.6 is 0 Å². The van der Waals surface area contributed by atoms with Crippen molar-refractivity contribution in [3.8, 4) is 17.7 Å². The number of rotatable bonds is 6. The summed E-state index contributed by atoms with van der Waals surface area (Å²) < 4.78 is 11.3. The summed E-state index contributed by atoms with van der Waals surface area (Å²) in [5, 5.41) is 12.4. The van der Waals surface area contributed by atoms with Gasteiger partial charge in [0.25, 0.3) is 5.91 Å². The van der Waals surface area contributed by atoms with Gasteiger partial charge in [-0.25, -0.2) is 0 Å². The highest BCUT2D eigenvalue weighted by atomic mass is 16.5. The fraction of sp³-hybridized carbons (Fsp3) is 0.250. The molecule has 7 nitrogen and oxygen atoms in total. The van der Waals surface area contributed by atoms with E-state index in [9.17, 15) is 10.1 Å². The number of nitrogens with one attached hydrogen (secondary N) is 1. The zero-order valence-electron chi connectivity index (χ0n) is 19.7. The lowest BCUT2D eigenvalue weighted by Crippen LogP contribution is -2.51. The first kappa shape index (κ1) is 23.8. The van der Waals surface area contributed by atoms with Crippen molar-refractivity contribution < 1.29 is 14.3 Å². The lowest BCUT2D eigenvalue weighted by molar-refractivity contribution is 0.0927. The Hall–Kier alpha value is -4.31. The topological polar surface area (TPSA) is 87.0 Å². The van der Waals surface area contributed by atoms with Gasteiger partial charge in [0.2, 0.25) is 6.19 Å². The first-order chi connectivity index (χ1) is 17.1. The molecule has 3 aromatic rings. The van der Waals surface area contributed by atoms with Crippen LogP contribution in [-0.2, 0) is 5.41 Å². The van der Waals surface area contributed by atoms with E-state index in [0.717, 1.165) is 12.8 Å². The average Bonchev–Trinajstić information content (AvgIpc) is 2.93. The largest absolute Gasteiger partial charge is 0.496 e. The summed E-state index contributed by atoms with van der Waals surface area (Å²) in [5.74, 6) is 1.01. The summed E-state index contributed by atoms with van der Waals surface area (Å²) in [6.45, 7) is 1.74. The van der Waals surface area contributed by atoms with E-state index in [2.05, 4.69) is 22.4 Å². The lowest BCUT2D eigenvalue weighted by Gasteiger charge is -2.42. The highest BCUT2D eigenvalue weighted by Gasteiger charge is 2.38. The van der Waals surface area contributed by atoms with Gasteiger partial charge in [-0.1, -0.05) is 60.7 Å². The summed E-state index contributed by atoms with van der Waals surface area (Å²) in [6.07, 6.45) is 3.37.